The topological polar surface area (TPSA) is 55.4 Å². The van der Waals surface area contributed by atoms with E-state index in [9.17, 15) is 8.42 Å². The van der Waals surface area contributed by atoms with Crippen molar-refractivity contribution in [1.82, 2.24) is 5.32 Å². The number of hydrogen-bond donors (Lipinski definition) is 1. The van der Waals surface area contributed by atoms with Crippen LogP contribution < -0.4 is 10.1 Å². The molecule has 4 nitrogen and oxygen atoms in total. The minimum Gasteiger partial charge on any atom is -0.493 e. The van der Waals surface area contributed by atoms with Crippen molar-refractivity contribution >= 4 is 25.8 Å². The fourth-order valence-electron chi connectivity index (χ4n) is 2.37. The van der Waals surface area contributed by atoms with Gasteiger partial charge in [0.25, 0.3) is 0 Å². The van der Waals surface area contributed by atoms with Gasteiger partial charge in [-0.2, -0.15) is 0 Å². The highest BCUT2D eigenvalue weighted by Crippen LogP contribution is 2.33. The Balaban J connectivity index is 1.98. The molecule has 1 aromatic carbocycles. The zero-order valence-electron chi connectivity index (χ0n) is 11.6. The molecule has 112 valence electrons. The fraction of sp³-hybridized carbons (Fsp3) is 0.571. The molecule has 1 aliphatic heterocycles. The van der Waals surface area contributed by atoms with Crippen molar-refractivity contribution < 1.29 is 13.2 Å². The van der Waals surface area contributed by atoms with Gasteiger partial charge in [0.2, 0.25) is 0 Å². The van der Waals surface area contributed by atoms with Crippen molar-refractivity contribution in [2.45, 2.75) is 25.3 Å². The van der Waals surface area contributed by atoms with Crippen molar-refractivity contribution in [2.75, 3.05) is 25.2 Å². The van der Waals surface area contributed by atoms with Gasteiger partial charge in [-0.25, -0.2) is 8.42 Å². The van der Waals surface area contributed by atoms with Crippen LogP contribution in [0.1, 0.15) is 30.9 Å². The molecule has 0 radical (unpaired) electrons. The van der Waals surface area contributed by atoms with Crippen LogP contribution in [0.2, 0.25) is 0 Å². The summed E-state index contributed by atoms with van der Waals surface area (Å²) < 4.78 is 29.0. The predicted octanol–water partition coefficient (Wildman–Crippen LogP) is 2.69. The van der Waals surface area contributed by atoms with Gasteiger partial charge in [-0.05, 0) is 37.9 Å². The van der Waals surface area contributed by atoms with E-state index in [0.29, 0.717) is 13.0 Å². The number of rotatable bonds is 5. The van der Waals surface area contributed by atoms with Crippen LogP contribution in [0.4, 0.5) is 0 Å². The third kappa shape index (κ3) is 4.75. The predicted molar refractivity (Wildman–Crippen MR) is 83.9 cm³/mol. The van der Waals surface area contributed by atoms with Gasteiger partial charge in [0.15, 0.2) is 0 Å². The largest absolute Gasteiger partial charge is 0.493 e. The van der Waals surface area contributed by atoms with E-state index in [0.717, 1.165) is 35.2 Å². The van der Waals surface area contributed by atoms with Gasteiger partial charge in [-0.3, -0.25) is 0 Å². The molecule has 0 saturated carbocycles. The molecule has 1 atom stereocenters. The monoisotopic (exact) mass is 361 g/mol. The minimum absolute atomic E-state index is 0.233. The van der Waals surface area contributed by atoms with Gasteiger partial charge in [-0.1, -0.05) is 22.0 Å². The van der Waals surface area contributed by atoms with E-state index < -0.39 is 9.84 Å². The standard InChI is InChI=1S/C14H20BrNO3S/c1-20(17,18)9-3-7-16-13-4-2-8-19-14-10-11(15)5-6-12(13)14/h5-6,10,13,16H,2-4,7-9H2,1H3. The minimum atomic E-state index is -2.87. The second-order valence-corrected chi connectivity index (χ2v) is 8.34. The number of benzene rings is 1. The molecule has 1 N–H and O–H groups in total. The van der Waals surface area contributed by atoms with Gasteiger partial charge in [0, 0.05) is 22.3 Å². The molecule has 20 heavy (non-hydrogen) atoms. The maximum Gasteiger partial charge on any atom is 0.147 e. The third-order valence-corrected chi connectivity index (χ3v) is 4.85. The Hall–Kier alpha value is -0.590. The van der Waals surface area contributed by atoms with Crippen LogP contribution >= 0.6 is 15.9 Å². The third-order valence-electron chi connectivity index (χ3n) is 3.33. The zero-order valence-corrected chi connectivity index (χ0v) is 14.0. The first kappa shape index (κ1) is 15.8. The maximum absolute atomic E-state index is 11.1. The molecular formula is C14H20BrNO3S. The lowest BCUT2D eigenvalue weighted by atomic mass is 10.0. The van der Waals surface area contributed by atoms with Crippen molar-refractivity contribution in [1.29, 1.82) is 0 Å². The first-order valence-corrected chi connectivity index (χ1v) is 9.64. The molecule has 1 aromatic rings. The first-order chi connectivity index (χ1) is 9.46. The van der Waals surface area contributed by atoms with E-state index in [1.807, 2.05) is 12.1 Å². The summed E-state index contributed by atoms with van der Waals surface area (Å²) in [5.74, 6) is 1.15. The Labute approximate surface area is 129 Å². The maximum atomic E-state index is 11.1. The number of hydrogen-bond acceptors (Lipinski definition) is 4. The van der Waals surface area contributed by atoms with Crippen LogP contribution in [0.5, 0.6) is 5.75 Å². The number of sulfone groups is 1. The molecule has 1 unspecified atom stereocenters. The Kier molecular flexibility index (Phi) is 5.46. The van der Waals surface area contributed by atoms with E-state index in [4.69, 9.17) is 4.74 Å². The molecule has 0 spiro atoms. The second-order valence-electron chi connectivity index (χ2n) is 5.16. The highest BCUT2D eigenvalue weighted by atomic mass is 79.9. The van der Waals surface area contributed by atoms with Gasteiger partial charge >= 0.3 is 0 Å². The number of nitrogens with one attached hydrogen (secondary N) is 1. The van der Waals surface area contributed by atoms with Crippen molar-refractivity contribution in [3.8, 4) is 5.75 Å². The number of fused-ring (bicyclic) bond motifs is 1. The summed E-state index contributed by atoms with van der Waals surface area (Å²) in [6.45, 7) is 1.43. The average molecular weight is 362 g/mol. The van der Waals surface area contributed by atoms with Crippen LogP contribution in [0.25, 0.3) is 0 Å². The number of ether oxygens (including phenoxy) is 1. The van der Waals surface area contributed by atoms with Gasteiger partial charge < -0.3 is 10.1 Å². The summed E-state index contributed by atoms with van der Waals surface area (Å²) in [5.41, 5.74) is 1.16. The molecule has 0 fully saturated rings. The van der Waals surface area contributed by atoms with Gasteiger partial charge in [-0.15, -0.1) is 0 Å². The van der Waals surface area contributed by atoms with Crippen molar-refractivity contribution in [3.05, 3.63) is 28.2 Å². The molecule has 0 amide bonds. The molecule has 1 aliphatic rings. The Morgan fingerprint density at radius 3 is 3.00 bits per heavy atom. The molecule has 0 bridgehead atoms. The lowest BCUT2D eigenvalue weighted by Gasteiger charge is -2.18. The van der Waals surface area contributed by atoms with Gasteiger partial charge in [0.05, 0.1) is 12.4 Å². The molecule has 2 rings (SSSR count). The van der Waals surface area contributed by atoms with E-state index in [-0.39, 0.29) is 11.8 Å². The summed E-state index contributed by atoms with van der Waals surface area (Å²) in [6, 6.07) is 6.31. The summed E-state index contributed by atoms with van der Waals surface area (Å²) in [7, 11) is -2.87. The number of halogens is 1. The van der Waals surface area contributed by atoms with E-state index in [1.54, 1.807) is 0 Å². The van der Waals surface area contributed by atoms with Crippen LogP contribution in [0.15, 0.2) is 22.7 Å². The molecule has 0 saturated heterocycles. The molecule has 1 heterocycles. The van der Waals surface area contributed by atoms with Crippen LogP contribution in [0.3, 0.4) is 0 Å². The smallest absolute Gasteiger partial charge is 0.147 e. The fourth-order valence-corrected chi connectivity index (χ4v) is 3.38. The van der Waals surface area contributed by atoms with Gasteiger partial charge in [0.1, 0.15) is 15.6 Å². The summed E-state index contributed by atoms with van der Waals surface area (Å²) in [5, 5.41) is 3.45. The van der Waals surface area contributed by atoms with E-state index in [1.165, 1.54) is 6.26 Å². The Morgan fingerprint density at radius 1 is 1.45 bits per heavy atom. The lowest BCUT2D eigenvalue weighted by Crippen LogP contribution is -2.23. The molecule has 0 aliphatic carbocycles. The van der Waals surface area contributed by atoms with Crippen molar-refractivity contribution in [3.63, 3.8) is 0 Å². The van der Waals surface area contributed by atoms with Crippen LogP contribution in [-0.2, 0) is 9.84 Å². The summed E-state index contributed by atoms with van der Waals surface area (Å²) >= 11 is 3.45. The normalized spacial score (nSPS) is 19.0. The average Bonchev–Trinajstić information content (AvgIpc) is 2.55. The summed E-state index contributed by atoms with van der Waals surface area (Å²) in [4.78, 5) is 0. The summed E-state index contributed by atoms with van der Waals surface area (Å²) in [6.07, 6.45) is 3.92. The molecule has 6 heteroatoms. The molecule has 0 aromatic heterocycles. The highest BCUT2D eigenvalue weighted by molar-refractivity contribution is 9.10. The second kappa shape index (κ2) is 6.91. The first-order valence-electron chi connectivity index (χ1n) is 6.79. The van der Waals surface area contributed by atoms with Crippen molar-refractivity contribution in [2.24, 2.45) is 0 Å². The SMILES string of the molecule is CS(=O)(=O)CCCNC1CCCOc2cc(Br)ccc21. The van der Waals surface area contributed by atoms with E-state index >= 15 is 0 Å². The Morgan fingerprint density at radius 2 is 2.25 bits per heavy atom. The highest BCUT2D eigenvalue weighted by Gasteiger charge is 2.19. The van der Waals surface area contributed by atoms with Crippen LogP contribution in [0, 0.1) is 0 Å². The Bertz CT molecular complexity index is 560. The molecular weight excluding hydrogens is 342 g/mol. The zero-order chi connectivity index (χ0) is 14.6. The quantitative estimate of drug-likeness (QED) is 0.819. The van der Waals surface area contributed by atoms with E-state index in [2.05, 4.69) is 27.3 Å². The van der Waals surface area contributed by atoms with Crippen LogP contribution in [-0.4, -0.2) is 33.6 Å². The lowest BCUT2D eigenvalue weighted by molar-refractivity contribution is 0.315.